The lowest BCUT2D eigenvalue weighted by atomic mass is 9.74. The Bertz CT molecular complexity index is 3620. The van der Waals surface area contributed by atoms with E-state index >= 15 is 0 Å². The molecule has 2 nitrogen and oxygen atoms in total. The Morgan fingerprint density at radius 3 is 1.31 bits per heavy atom. The molecule has 1 heterocycles. The van der Waals surface area contributed by atoms with Crippen LogP contribution in [0.25, 0.3) is 70.9 Å². The summed E-state index contributed by atoms with van der Waals surface area (Å²) in [4.78, 5) is 2.57. The molecule has 368 valence electrons. The first kappa shape index (κ1) is 49.2. The fraction of sp³-hybridized carbons (Fsp3) is 0.343. The van der Waals surface area contributed by atoms with Crippen LogP contribution in [0, 0.1) is 0 Å². The van der Waals surface area contributed by atoms with Crippen molar-refractivity contribution in [1.82, 2.24) is 4.57 Å². The number of rotatable bonds is 5. The summed E-state index contributed by atoms with van der Waals surface area (Å²) < 4.78 is 2.54. The van der Waals surface area contributed by atoms with Gasteiger partial charge in [0.25, 0.3) is 0 Å². The van der Waals surface area contributed by atoms with Crippen molar-refractivity contribution in [1.29, 1.82) is 0 Å². The van der Waals surface area contributed by atoms with Crippen LogP contribution in [-0.2, 0) is 32.5 Å². The second kappa shape index (κ2) is 16.6. The van der Waals surface area contributed by atoms with Gasteiger partial charge in [0.1, 0.15) is 0 Å². The van der Waals surface area contributed by atoms with Crippen molar-refractivity contribution >= 4 is 71.2 Å². The summed E-state index contributed by atoms with van der Waals surface area (Å²) in [5.74, 6) is 0. The maximum atomic E-state index is 2.57. The average Bonchev–Trinajstić information content (AvgIpc) is 3.62. The van der Waals surface area contributed by atoms with Gasteiger partial charge in [-0.05, 0) is 159 Å². The van der Waals surface area contributed by atoms with Crippen LogP contribution in [0.4, 0.5) is 17.1 Å². The van der Waals surface area contributed by atoms with Gasteiger partial charge < -0.3 is 9.47 Å². The van der Waals surface area contributed by atoms with Gasteiger partial charge in [0.15, 0.2) is 0 Å². The monoisotopic (exact) mass is 947 g/mol. The molecule has 72 heavy (non-hydrogen) atoms. The zero-order chi connectivity index (χ0) is 51.8. The third-order valence-corrected chi connectivity index (χ3v) is 15.6. The molecule has 1 aromatic heterocycles. The summed E-state index contributed by atoms with van der Waals surface area (Å²) in [6.07, 6.45) is 0. The van der Waals surface area contributed by atoms with Gasteiger partial charge in [0, 0.05) is 27.2 Å². The summed E-state index contributed by atoms with van der Waals surface area (Å²) in [6.45, 7) is 42.3. The van der Waals surface area contributed by atoms with Crippen LogP contribution in [0.15, 0.2) is 146 Å². The summed E-state index contributed by atoms with van der Waals surface area (Å²) in [7, 11) is 0. The van der Waals surface area contributed by atoms with E-state index in [4.69, 9.17) is 0 Å². The van der Waals surface area contributed by atoms with Gasteiger partial charge in [-0.15, -0.1) is 0 Å². The lowest BCUT2D eigenvalue weighted by Gasteiger charge is -2.36. The number of benzene rings is 9. The van der Waals surface area contributed by atoms with E-state index in [1.54, 1.807) is 0 Å². The van der Waals surface area contributed by atoms with Crippen LogP contribution in [0.1, 0.15) is 158 Å². The van der Waals surface area contributed by atoms with Crippen LogP contribution in [0.2, 0.25) is 0 Å². The Morgan fingerprint density at radius 2 is 0.806 bits per heavy atom. The van der Waals surface area contributed by atoms with Gasteiger partial charge in [0.2, 0.25) is 0 Å². The molecule has 9 aromatic carbocycles. The first-order valence-electron chi connectivity index (χ1n) is 26.5. The minimum absolute atomic E-state index is 0.000358. The van der Waals surface area contributed by atoms with Gasteiger partial charge in [-0.1, -0.05) is 210 Å². The molecule has 0 unspecified atom stereocenters. The molecule has 2 heteroatoms. The fourth-order valence-corrected chi connectivity index (χ4v) is 11.2. The van der Waals surface area contributed by atoms with Crippen molar-refractivity contribution in [2.45, 2.75) is 157 Å². The smallest absolute Gasteiger partial charge is 0.0541 e. The molecule has 0 N–H and O–H groups in total. The third kappa shape index (κ3) is 8.47. The molecule has 0 amide bonds. The Balaban J connectivity index is 1.26. The van der Waals surface area contributed by atoms with Crippen LogP contribution < -0.4 is 4.90 Å². The van der Waals surface area contributed by atoms with Crippen molar-refractivity contribution in [3.8, 4) is 16.8 Å². The zero-order valence-corrected chi connectivity index (χ0v) is 46.8. The van der Waals surface area contributed by atoms with Gasteiger partial charge >= 0.3 is 0 Å². The Labute approximate surface area is 431 Å². The summed E-state index contributed by atoms with van der Waals surface area (Å²) in [6, 6.07) is 56.9. The van der Waals surface area contributed by atoms with E-state index in [0.29, 0.717) is 0 Å². The molecule has 0 aliphatic heterocycles. The van der Waals surface area contributed by atoms with E-state index in [1.807, 2.05) is 0 Å². The van der Waals surface area contributed by atoms with Gasteiger partial charge in [-0.2, -0.15) is 0 Å². The standard InChI is InChI=1S/C70H78N2/c1-65(2,3)46-28-34-60-54(39-46)55-40-47(66(4,5)6)29-35-61(55)72(60)59-33-27-44-24-30-51-58(32-26-43-25-31-52(59)64(44)63(43)51)71(50-22-20-19-21-23-50)62-42-56(69(13,14)15)53(41-57(62)70(16,17)18)45-36-48(67(7,8)9)38-49(37-45)68(10,11)12/h19-42H,1-18H3. The molecule has 0 aliphatic rings. The van der Waals surface area contributed by atoms with Crippen molar-refractivity contribution in [3.63, 3.8) is 0 Å². The largest absolute Gasteiger partial charge is 0.310 e. The molecule has 0 aliphatic carbocycles. The molecule has 0 saturated carbocycles. The van der Waals surface area contributed by atoms with Gasteiger partial charge in [0.05, 0.1) is 28.1 Å². The summed E-state index contributed by atoms with van der Waals surface area (Å²) >= 11 is 0. The Morgan fingerprint density at radius 1 is 0.333 bits per heavy atom. The first-order valence-corrected chi connectivity index (χ1v) is 26.5. The molecular formula is C70H78N2. The van der Waals surface area contributed by atoms with Gasteiger partial charge in [-0.3, -0.25) is 0 Å². The van der Waals surface area contributed by atoms with Crippen LogP contribution in [-0.4, -0.2) is 4.57 Å². The highest BCUT2D eigenvalue weighted by molar-refractivity contribution is 6.27. The number of anilines is 3. The molecule has 0 saturated heterocycles. The van der Waals surface area contributed by atoms with Crippen molar-refractivity contribution in [2.75, 3.05) is 4.90 Å². The maximum absolute atomic E-state index is 2.57. The summed E-state index contributed by atoms with van der Waals surface area (Å²) in [5, 5.41) is 10.2. The van der Waals surface area contributed by atoms with Crippen molar-refractivity contribution in [2.24, 2.45) is 0 Å². The third-order valence-electron chi connectivity index (χ3n) is 15.6. The topological polar surface area (TPSA) is 8.17 Å². The minimum Gasteiger partial charge on any atom is -0.310 e. The van der Waals surface area contributed by atoms with Gasteiger partial charge in [-0.25, -0.2) is 0 Å². The van der Waals surface area contributed by atoms with E-state index in [1.165, 1.54) is 116 Å². The van der Waals surface area contributed by atoms with Crippen LogP contribution in [0.5, 0.6) is 0 Å². The lowest BCUT2D eigenvalue weighted by molar-refractivity contribution is 0.568. The number of para-hydroxylation sites is 1. The van der Waals surface area contributed by atoms with Crippen molar-refractivity contribution in [3.05, 3.63) is 179 Å². The van der Waals surface area contributed by atoms with E-state index in [-0.39, 0.29) is 32.5 Å². The highest BCUT2D eigenvalue weighted by Crippen LogP contribution is 2.51. The highest BCUT2D eigenvalue weighted by atomic mass is 15.1. The molecule has 0 radical (unpaired) electrons. The molecule has 0 spiro atoms. The quantitative estimate of drug-likeness (QED) is 0.156. The fourth-order valence-electron chi connectivity index (χ4n) is 11.2. The SMILES string of the molecule is CC(C)(C)c1cc(-c2cc(C(C)(C)C)c(N(c3ccccc3)c3ccc4ccc5c(-n6c7ccc(C(C)(C)C)cc7c7cc(C(C)(C)C)ccc76)ccc6ccc3c4c65)cc2C(C)(C)C)cc(C(C)(C)C)c1. The molecule has 10 aromatic rings. The predicted octanol–water partition coefficient (Wildman–Crippen LogP) is 20.6. The first-order chi connectivity index (χ1) is 33.5. The average molecular weight is 947 g/mol. The van der Waals surface area contributed by atoms with E-state index in [2.05, 4.69) is 280 Å². The van der Waals surface area contributed by atoms with E-state index < -0.39 is 0 Å². The minimum atomic E-state index is -0.190. The Kier molecular flexibility index (Phi) is 11.3. The second-order valence-electron chi connectivity index (χ2n) is 27.3. The maximum Gasteiger partial charge on any atom is 0.0541 e. The normalized spacial score (nSPS) is 13.4. The molecule has 0 bridgehead atoms. The number of fused-ring (bicyclic) bond motifs is 3. The van der Waals surface area contributed by atoms with Crippen LogP contribution >= 0.6 is 0 Å². The van der Waals surface area contributed by atoms with Crippen molar-refractivity contribution < 1.29 is 0 Å². The summed E-state index contributed by atoms with van der Waals surface area (Å²) in [5.41, 5.74) is 17.7. The number of hydrogen-bond acceptors (Lipinski definition) is 1. The Hall–Kier alpha value is -6.38. The van der Waals surface area contributed by atoms with E-state index in [9.17, 15) is 0 Å². The molecule has 0 fully saturated rings. The molecule has 0 atom stereocenters. The highest BCUT2D eigenvalue weighted by Gasteiger charge is 2.32. The number of aromatic nitrogens is 1. The van der Waals surface area contributed by atoms with Crippen LogP contribution in [0.3, 0.4) is 0 Å². The zero-order valence-electron chi connectivity index (χ0n) is 46.8. The molecular weight excluding hydrogens is 869 g/mol. The molecule has 10 rings (SSSR count). The number of nitrogens with zero attached hydrogens (tertiary/aromatic N) is 2. The second-order valence-corrected chi connectivity index (χ2v) is 27.3. The number of hydrogen-bond donors (Lipinski definition) is 0. The van der Waals surface area contributed by atoms with E-state index in [0.717, 1.165) is 5.69 Å². The predicted molar refractivity (Wildman–Crippen MR) is 317 cm³/mol. The lowest BCUT2D eigenvalue weighted by Crippen LogP contribution is -2.23.